The van der Waals surface area contributed by atoms with Gasteiger partial charge in [-0.2, -0.15) is 4.79 Å². The van der Waals surface area contributed by atoms with Crippen LogP contribution in [0.1, 0.15) is 26.6 Å². The number of ether oxygens (including phenoxy) is 1. The van der Waals surface area contributed by atoms with Crippen LogP contribution in [0.2, 0.25) is 0 Å². The molecule has 1 N–H and O–H groups in total. The van der Waals surface area contributed by atoms with Gasteiger partial charge in [0, 0.05) is 0 Å². The largest absolute Gasteiger partial charge is 0.512 e. The first-order valence-electron chi connectivity index (χ1n) is 5.73. The summed E-state index contributed by atoms with van der Waals surface area (Å²) in [4.78, 5) is 15.5. The van der Waals surface area contributed by atoms with Gasteiger partial charge in [0.1, 0.15) is 10.0 Å². The molecule has 0 aliphatic heterocycles. The number of nitrogens with zero attached hydrogens (tertiary/aromatic N) is 1. The molecule has 0 bridgehead atoms. The zero-order chi connectivity index (χ0) is 13.3. The summed E-state index contributed by atoms with van der Waals surface area (Å²) < 4.78 is 7.75. The lowest BCUT2D eigenvalue weighted by Crippen LogP contribution is -2.28. The van der Waals surface area contributed by atoms with Gasteiger partial charge in [0.2, 0.25) is 0 Å². The van der Waals surface area contributed by atoms with Gasteiger partial charge >= 0.3 is 6.09 Å². The summed E-state index contributed by atoms with van der Waals surface area (Å²) in [6, 6.07) is 7.71. The molecule has 0 atom stereocenters. The van der Waals surface area contributed by atoms with E-state index in [1.54, 1.807) is 4.57 Å². The summed E-state index contributed by atoms with van der Waals surface area (Å²) in [7, 11) is 0. The van der Waals surface area contributed by atoms with Crippen LogP contribution in [-0.4, -0.2) is 16.3 Å². The Bertz CT molecular complexity index is 584. The summed E-state index contributed by atoms with van der Waals surface area (Å²) in [5.74, 6) is 0.839. The normalized spacial score (nSPS) is 11.8. The van der Waals surface area contributed by atoms with Crippen molar-refractivity contribution >= 4 is 39.7 Å². The Balaban J connectivity index is 2.51. The Morgan fingerprint density at radius 3 is 2.67 bits per heavy atom. The molecule has 0 radical (unpaired) electrons. The Morgan fingerprint density at radius 2 is 2.06 bits per heavy atom. The van der Waals surface area contributed by atoms with E-state index in [0.29, 0.717) is 4.43 Å². The van der Waals surface area contributed by atoms with Crippen LogP contribution in [0.25, 0.3) is 11.0 Å². The summed E-state index contributed by atoms with van der Waals surface area (Å²) in [6.45, 7) is 5.60. The number of fused-ring (bicyclic) bond motifs is 1. The van der Waals surface area contributed by atoms with Crippen LogP contribution in [0.3, 0.4) is 0 Å². The van der Waals surface area contributed by atoms with Crippen molar-refractivity contribution in [3.05, 3.63) is 30.1 Å². The number of carbonyl (C=O) groups excluding carboxylic acids is 1. The van der Waals surface area contributed by atoms with Crippen LogP contribution in [0.4, 0.5) is 4.79 Å². The molecule has 0 aliphatic carbocycles. The molecule has 0 amide bonds. The number of aromatic amines is 1. The number of H-pyrrole nitrogens is 1. The van der Waals surface area contributed by atoms with Crippen LogP contribution >= 0.6 is 22.6 Å². The van der Waals surface area contributed by atoms with E-state index in [9.17, 15) is 4.79 Å². The molecule has 2 aromatic rings. The predicted octanol–water partition coefficient (Wildman–Crippen LogP) is 3.17. The number of para-hydroxylation sites is 2. The molecule has 96 valence electrons. The molecule has 4 nitrogen and oxygen atoms in total. The fraction of sp³-hybridized carbons (Fsp3) is 0.385. The van der Waals surface area contributed by atoms with Gasteiger partial charge in [-0.15, -0.1) is 4.57 Å². The van der Waals surface area contributed by atoms with Crippen molar-refractivity contribution in [2.75, 3.05) is 0 Å². The molecular weight excluding hydrogens is 343 g/mol. The first kappa shape index (κ1) is 13.3. The van der Waals surface area contributed by atoms with Crippen molar-refractivity contribution in [3.8, 4) is 0 Å². The standard InChI is InChI=1S/C13H15IN2O2/c1-13(2,3)18-12(17)16-10-7-5-4-6-9(10)15-11(16)8-14/h4-7H,8H2,1-3H3/p+1. The van der Waals surface area contributed by atoms with Gasteiger partial charge in [-0.25, -0.2) is 4.98 Å². The van der Waals surface area contributed by atoms with Crippen LogP contribution < -0.4 is 4.98 Å². The van der Waals surface area contributed by atoms with Gasteiger partial charge in [0.25, 0.3) is 5.82 Å². The summed E-state index contributed by atoms with van der Waals surface area (Å²) in [5.41, 5.74) is 1.29. The highest BCUT2D eigenvalue weighted by Gasteiger charge is 2.28. The molecule has 0 aliphatic rings. The highest BCUT2D eigenvalue weighted by Crippen LogP contribution is 2.17. The van der Waals surface area contributed by atoms with E-state index in [0.717, 1.165) is 16.9 Å². The number of halogens is 1. The summed E-state index contributed by atoms with van der Waals surface area (Å²) in [5, 5.41) is 0. The predicted molar refractivity (Wildman–Crippen MR) is 77.8 cm³/mol. The molecule has 1 heterocycles. The first-order valence-corrected chi connectivity index (χ1v) is 7.26. The average molecular weight is 359 g/mol. The number of aromatic nitrogens is 2. The number of hydrogen-bond donors (Lipinski definition) is 0. The average Bonchev–Trinajstić information content (AvgIpc) is 2.64. The second-order valence-electron chi connectivity index (χ2n) is 5.04. The van der Waals surface area contributed by atoms with E-state index >= 15 is 0 Å². The molecular formula is C13H16IN2O2+. The van der Waals surface area contributed by atoms with E-state index in [-0.39, 0.29) is 6.09 Å². The van der Waals surface area contributed by atoms with E-state index < -0.39 is 5.60 Å². The second kappa shape index (κ2) is 4.87. The molecule has 2 rings (SSSR count). The molecule has 0 saturated heterocycles. The Morgan fingerprint density at radius 1 is 1.39 bits per heavy atom. The molecule has 5 heteroatoms. The number of imidazole rings is 1. The lowest BCUT2D eigenvalue weighted by molar-refractivity contribution is -0.356. The number of rotatable bonds is 1. The van der Waals surface area contributed by atoms with Crippen molar-refractivity contribution < 1.29 is 14.5 Å². The van der Waals surface area contributed by atoms with Crippen molar-refractivity contribution in [2.45, 2.75) is 30.8 Å². The Hall–Kier alpha value is -1.11. The number of hydrogen-bond acceptors (Lipinski definition) is 2. The van der Waals surface area contributed by atoms with Crippen LogP contribution in [0.5, 0.6) is 0 Å². The van der Waals surface area contributed by atoms with Gasteiger partial charge in [-0.05, 0) is 32.9 Å². The SMILES string of the molecule is CC(C)(C)OC(=O)n1c(CI)[nH+]c2ccccc21. The Kier molecular flexibility index (Phi) is 3.61. The second-order valence-corrected chi connectivity index (χ2v) is 5.80. The zero-order valence-electron chi connectivity index (χ0n) is 10.7. The molecule has 1 aromatic heterocycles. The lowest BCUT2D eigenvalue weighted by Gasteiger charge is -2.17. The van der Waals surface area contributed by atoms with Gasteiger partial charge in [0.15, 0.2) is 11.0 Å². The van der Waals surface area contributed by atoms with Crippen LogP contribution in [0.15, 0.2) is 24.3 Å². The van der Waals surface area contributed by atoms with E-state index in [1.165, 1.54) is 0 Å². The van der Waals surface area contributed by atoms with E-state index in [1.807, 2.05) is 45.0 Å². The quantitative estimate of drug-likeness (QED) is 0.580. The zero-order valence-corrected chi connectivity index (χ0v) is 12.8. The molecule has 0 spiro atoms. The third-order valence-corrected chi connectivity index (χ3v) is 3.12. The smallest absolute Gasteiger partial charge is 0.425 e. The fourth-order valence-electron chi connectivity index (χ4n) is 1.74. The fourth-order valence-corrected chi connectivity index (χ4v) is 2.27. The minimum atomic E-state index is -0.495. The van der Waals surface area contributed by atoms with Crippen LogP contribution in [0, 0.1) is 0 Å². The van der Waals surface area contributed by atoms with Crippen molar-refractivity contribution in [1.82, 2.24) is 4.57 Å². The molecule has 18 heavy (non-hydrogen) atoms. The lowest BCUT2D eigenvalue weighted by atomic mass is 10.2. The highest BCUT2D eigenvalue weighted by atomic mass is 127. The van der Waals surface area contributed by atoms with Gasteiger partial charge in [0.05, 0.1) is 0 Å². The monoisotopic (exact) mass is 359 g/mol. The molecule has 1 aromatic carbocycles. The molecule has 0 saturated carbocycles. The highest BCUT2D eigenvalue weighted by molar-refractivity contribution is 14.1. The van der Waals surface area contributed by atoms with Crippen molar-refractivity contribution in [2.24, 2.45) is 0 Å². The minimum Gasteiger partial charge on any atom is -0.425 e. The van der Waals surface area contributed by atoms with Gasteiger partial charge in [-0.1, -0.05) is 34.7 Å². The van der Waals surface area contributed by atoms with E-state index in [2.05, 4.69) is 27.6 Å². The summed E-state index contributed by atoms with van der Waals surface area (Å²) >= 11 is 2.22. The van der Waals surface area contributed by atoms with Crippen molar-refractivity contribution in [3.63, 3.8) is 0 Å². The number of alkyl halides is 1. The summed E-state index contributed by atoms with van der Waals surface area (Å²) in [6.07, 6.45) is -0.341. The maximum absolute atomic E-state index is 12.2. The number of nitrogens with one attached hydrogen (secondary N) is 1. The van der Waals surface area contributed by atoms with Crippen LogP contribution in [-0.2, 0) is 9.16 Å². The number of benzene rings is 1. The first-order chi connectivity index (χ1) is 8.42. The molecule has 0 unspecified atom stereocenters. The third-order valence-electron chi connectivity index (χ3n) is 2.40. The minimum absolute atomic E-state index is 0.341. The topological polar surface area (TPSA) is 45.4 Å². The molecule has 0 fully saturated rings. The van der Waals surface area contributed by atoms with Gasteiger partial charge in [-0.3, -0.25) is 0 Å². The van der Waals surface area contributed by atoms with Crippen molar-refractivity contribution in [1.29, 1.82) is 0 Å². The maximum atomic E-state index is 12.2. The third kappa shape index (κ3) is 2.66. The Labute approximate surface area is 119 Å². The number of carbonyl (C=O) groups is 1. The van der Waals surface area contributed by atoms with Gasteiger partial charge < -0.3 is 4.74 Å². The maximum Gasteiger partial charge on any atom is 0.512 e. The van der Waals surface area contributed by atoms with E-state index in [4.69, 9.17) is 4.74 Å².